The number of aryl methyl sites for hydroxylation is 2. The number of thioether (sulfide) groups is 1. The number of carbonyl (C=O) groups excluding carboxylic acids is 1. The summed E-state index contributed by atoms with van der Waals surface area (Å²) in [5, 5.41) is 14.2. The molecule has 0 spiro atoms. The van der Waals surface area contributed by atoms with Crippen LogP contribution >= 0.6 is 11.8 Å². The highest BCUT2D eigenvalue weighted by Gasteiger charge is 2.23. The van der Waals surface area contributed by atoms with Crippen LogP contribution in [0.2, 0.25) is 0 Å². The minimum atomic E-state index is 0.0935. The van der Waals surface area contributed by atoms with Crippen molar-refractivity contribution in [3.63, 3.8) is 0 Å². The molecule has 0 saturated carbocycles. The molecule has 1 amide bonds. The second-order valence-corrected chi connectivity index (χ2v) is 9.21. The monoisotopic (exact) mass is 454 g/mol. The molecular weight excluding hydrogens is 432 g/mol. The van der Waals surface area contributed by atoms with Crippen LogP contribution in [0.5, 0.6) is 0 Å². The van der Waals surface area contributed by atoms with Crippen molar-refractivity contribution in [2.45, 2.75) is 24.9 Å². The second kappa shape index (κ2) is 8.04. The fourth-order valence-electron chi connectivity index (χ4n) is 4.35. The summed E-state index contributed by atoms with van der Waals surface area (Å²) < 4.78 is 3.75. The molecule has 8 heteroatoms. The summed E-state index contributed by atoms with van der Waals surface area (Å²) in [6, 6.07) is 18.5. The Bertz CT molecular complexity index is 1490. The van der Waals surface area contributed by atoms with E-state index in [2.05, 4.69) is 47.5 Å². The van der Waals surface area contributed by atoms with Crippen molar-refractivity contribution in [2.24, 2.45) is 0 Å². The molecule has 0 fully saturated rings. The van der Waals surface area contributed by atoms with Gasteiger partial charge in [-0.3, -0.25) is 9.20 Å². The zero-order chi connectivity index (χ0) is 22.4. The summed E-state index contributed by atoms with van der Waals surface area (Å²) in [6.07, 6.45) is 5.81. The van der Waals surface area contributed by atoms with E-state index in [1.807, 2.05) is 50.5 Å². The molecule has 3 aromatic heterocycles. The lowest BCUT2D eigenvalue weighted by Crippen LogP contribution is -2.36. The number of benzene rings is 2. The maximum absolute atomic E-state index is 13.0. The third kappa shape index (κ3) is 3.56. The first-order valence-corrected chi connectivity index (χ1v) is 12.0. The Morgan fingerprint density at radius 1 is 1.06 bits per heavy atom. The highest BCUT2D eigenvalue weighted by atomic mass is 32.2. The lowest BCUT2D eigenvalue weighted by atomic mass is 10.0. The summed E-state index contributed by atoms with van der Waals surface area (Å²) in [4.78, 5) is 14.9. The lowest BCUT2D eigenvalue weighted by Gasteiger charge is -2.29. The van der Waals surface area contributed by atoms with Gasteiger partial charge in [-0.25, -0.2) is 4.52 Å². The average Bonchev–Trinajstić information content (AvgIpc) is 3.46. The Morgan fingerprint density at radius 2 is 1.91 bits per heavy atom. The Balaban J connectivity index is 1.26. The topological polar surface area (TPSA) is 67.8 Å². The van der Waals surface area contributed by atoms with Crippen molar-refractivity contribution in [1.29, 1.82) is 0 Å². The minimum absolute atomic E-state index is 0.0935. The number of nitrogens with zero attached hydrogens (tertiary/aromatic N) is 6. The van der Waals surface area contributed by atoms with Crippen molar-refractivity contribution in [3.05, 3.63) is 78.1 Å². The lowest BCUT2D eigenvalue weighted by molar-refractivity contribution is -0.116. The molecule has 7 nitrogen and oxygen atoms in total. The van der Waals surface area contributed by atoms with Crippen LogP contribution in [0.1, 0.15) is 17.5 Å². The molecule has 0 saturated heterocycles. The molecule has 164 valence electrons. The van der Waals surface area contributed by atoms with Gasteiger partial charge in [-0.2, -0.15) is 5.10 Å². The first kappa shape index (κ1) is 20.0. The SMILES string of the molecule is Cc1ccc(-c2cc3c4nnc(SCC(=O)N5CCCc6ccccc65)n4ccn3n2)cc1. The number of rotatable bonds is 4. The van der Waals surface area contributed by atoms with Crippen LogP contribution in [0.3, 0.4) is 0 Å². The Hall–Kier alpha value is -3.65. The van der Waals surface area contributed by atoms with E-state index in [4.69, 9.17) is 5.10 Å². The number of amides is 1. The summed E-state index contributed by atoms with van der Waals surface area (Å²) in [7, 11) is 0. The molecule has 0 atom stereocenters. The van der Waals surface area contributed by atoms with E-state index in [0.717, 1.165) is 47.5 Å². The first-order chi connectivity index (χ1) is 16.2. The fraction of sp³-hybridized carbons (Fsp3) is 0.200. The van der Waals surface area contributed by atoms with Gasteiger partial charge in [0.05, 0.1) is 11.4 Å². The van der Waals surface area contributed by atoms with Crippen molar-refractivity contribution >= 4 is 34.5 Å². The van der Waals surface area contributed by atoms with E-state index in [9.17, 15) is 4.79 Å². The summed E-state index contributed by atoms with van der Waals surface area (Å²) >= 11 is 1.41. The third-order valence-corrected chi connectivity index (χ3v) is 7.00. The van der Waals surface area contributed by atoms with E-state index in [1.54, 1.807) is 0 Å². The quantitative estimate of drug-likeness (QED) is 0.376. The van der Waals surface area contributed by atoms with Gasteiger partial charge in [0.25, 0.3) is 0 Å². The molecule has 33 heavy (non-hydrogen) atoms. The predicted molar refractivity (Wildman–Crippen MR) is 130 cm³/mol. The number of anilines is 1. The molecule has 4 heterocycles. The van der Waals surface area contributed by atoms with Gasteiger partial charge in [0.15, 0.2) is 10.8 Å². The van der Waals surface area contributed by atoms with Crippen LogP contribution in [0.4, 0.5) is 5.69 Å². The number of fused-ring (bicyclic) bond motifs is 4. The maximum Gasteiger partial charge on any atom is 0.237 e. The van der Waals surface area contributed by atoms with E-state index in [-0.39, 0.29) is 5.91 Å². The van der Waals surface area contributed by atoms with Crippen molar-refractivity contribution < 1.29 is 4.79 Å². The van der Waals surface area contributed by atoms with Gasteiger partial charge in [-0.15, -0.1) is 10.2 Å². The molecule has 0 bridgehead atoms. The zero-order valence-electron chi connectivity index (χ0n) is 18.2. The van der Waals surface area contributed by atoms with Crippen LogP contribution in [0, 0.1) is 6.92 Å². The summed E-state index contributed by atoms with van der Waals surface area (Å²) in [5.41, 5.74) is 7.03. The van der Waals surface area contributed by atoms with Crippen molar-refractivity contribution in [2.75, 3.05) is 17.2 Å². The Kier molecular flexibility index (Phi) is 4.87. The zero-order valence-corrected chi connectivity index (χ0v) is 19.0. The van der Waals surface area contributed by atoms with Gasteiger partial charge in [-0.1, -0.05) is 59.8 Å². The molecule has 6 rings (SSSR count). The third-order valence-electron chi connectivity index (χ3n) is 6.07. The molecule has 0 radical (unpaired) electrons. The molecule has 0 unspecified atom stereocenters. The Labute approximate surface area is 195 Å². The first-order valence-electron chi connectivity index (χ1n) is 11.0. The van der Waals surface area contributed by atoms with Crippen LogP contribution < -0.4 is 4.90 Å². The normalized spacial score (nSPS) is 13.5. The largest absolute Gasteiger partial charge is 0.311 e. The van der Waals surface area contributed by atoms with E-state index in [0.29, 0.717) is 10.9 Å². The predicted octanol–water partition coefficient (Wildman–Crippen LogP) is 4.42. The van der Waals surface area contributed by atoms with Crippen molar-refractivity contribution in [3.8, 4) is 11.3 Å². The fourth-order valence-corrected chi connectivity index (χ4v) is 5.15. The smallest absolute Gasteiger partial charge is 0.237 e. The van der Waals surface area contributed by atoms with Gasteiger partial charge in [0, 0.05) is 30.2 Å². The van der Waals surface area contributed by atoms with Gasteiger partial charge >= 0.3 is 0 Å². The molecule has 1 aliphatic heterocycles. The standard InChI is InChI=1S/C25H22N6OS/c1-17-8-10-18(11-9-17)20-15-22-24-26-27-25(30(24)13-14-31(22)28-20)33-16-23(32)29-12-4-6-19-5-2-3-7-21(19)29/h2-3,5,7-11,13-15H,4,6,12,16H2,1H3. The molecule has 1 aliphatic rings. The molecular formula is C25H22N6OS. The van der Waals surface area contributed by atoms with Gasteiger partial charge in [-0.05, 0) is 37.5 Å². The van der Waals surface area contributed by atoms with Crippen LogP contribution in [0.15, 0.2) is 72.1 Å². The summed E-state index contributed by atoms with van der Waals surface area (Å²) in [6.45, 7) is 2.83. The average molecular weight is 455 g/mol. The van der Waals surface area contributed by atoms with Crippen molar-refractivity contribution in [1.82, 2.24) is 24.2 Å². The van der Waals surface area contributed by atoms with Crippen LogP contribution in [-0.2, 0) is 11.2 Å². The highest BCUT2D eigenvalue weighted by Crippen LogP contribution is 2.29. The van der Waals surface area contributed by atoms with Gasteiger partial charge in [0.2, 0.25) is 5.91 Å². The number of hydrogen-bond acceptors (Lipinski definition) is 5. The second-order valence-electron chi connectivity index (χ2n) is 8.27. The van der Waals surface area contributed by atoms with E-state index < -0.39 is 0 Å². The molecule has 0 N–H and O–H groups in total. The molecule has 5 aromatic rings. The number of aromatic nitrogens is 5. The Morgan fingerprint density at radius 3 is 2.79 bits per heavy atom. The van der Waals surface area contributed by atoms with Crippen LogP contribution in [0.25, 0.3) is 22.4 Å². The summed E-state index contributed by atoms with van der Waals surface area (Å²) in [5.74, 6) is 0.407. The highest BCUT2D eigenvalue weighted by molar-refractivity contribution is 7.99. The van der Waals surface area contributed by atoms with Gasteiger partial charge < -0.3 is 4.90 Å². The van der Waals surface area contributed by atoms with Crippen LogP contribution in [-0.4, -0.2) is 42.4 Å². The minimum Gasteiger partial charge on any atom is -0.311 e. The number of para-hydroxylation sites is 1. The molecule has 0 aliphatic carbocycles. The molecule has 2 aromatic carbocycles. The van der Waals surface area contributed by atoms with E-state index in [1.165, 1.54) is 22.9 Å². The number of hydrogen-bond donors (Lipinski definition) is 0. The number of carbonyl (C=O) groups is 1. The maximum atomic E-state index is 13.0. The van der Waals surface area contributed by atoms with E-state index >= 15 is 0 Å². The van der Waals surface area contributed by atoms with Gasteiger partial charge in [0.1, 0.15) is 5.52 Å².